The lowest BCUT2D eigenvalue weighted by molar-refractivity contribution is -0.931. The molecule has 0 bridgehead atoms. The molecule has 6 nitrogen and oxygen atoms in total. The Morgan fingerprint density at radius 1 is 0.718 bits per heavy atom. The monoisotopic (exact) mass is 544 g/mol. The number of nitrogens with zero attached hydrogens (tertiary/aromatic N) is 2. The summed E-state index contributed by atoms with van der Waals surface area (Å²) in [4.78, 5) is 24.5. The first-order valence-corrected chi connectivity index (χ1v) is 16.4. The smallest absolute Gasteiger partial charge is 0.303 e. The van der Waals surface area contributed by atoms with Gasteiger partial charge in [-0.15, -0.1) is 0 Å². The van der Waals surface area contributed by atoms with Crippen molar-refractivity contribution in [1.82, 2.24) is 0 Å². The molecule has 0 radical (unpaired) electrons. The van der Waals surface area contributed by atoms with Gasteiger partial charge in [0, 0.05) is 51.4 Å². The fraction of sp³-hybridized carbons (Fsp3) is 0.939. The van der Waals surface area contributed by atoms with Gasteiger partial charge in [0.25, 0.3) is 0 Å². The van der Waals surface area contributed by atoms with Gasteiger partial charge in [-0.1, -0.05) is 13.8 Å². The van der Waals surface area contributed by atoms with Gasteiger partial charge >= 0.3 is 11.9 Å². The van der Waals surface area contributed by atoms with E-state index in [9.17, 15) is 9.59 Å². The van der Waals surface area contributed by atoms with Crippen LogP contribution in [0.5, 0.6) is 0 Å². The van der Waals surface area contributed by atoms with Crippen LogP contribution in [-0.4, -0.2) is 85.5 Å². The van der Waals surface area contributed by atoms with Crippen molar-refractivity contribution in [3.63, 3.8) is 0 Å². The topological polar surface area (TPSA) is 52.6 Å². The van der Waals surface area contributed by atoms with Crippen molar-refractivity contribution in [2.24, 2.45) is 34.5 Å². The molecular weight excluding hydrogens is 488 g/mol. The molecule has 0 aromatic rings. The molecule has 2 aliphatic heterocycles. The number of hydrogen-bond acceptors (Lipinski definition) is 4. The average Bonchev–Trinajstić information content (AvgIpc) is 3.56. The zero-order chi connectivity index (χ0) is 27.8. The second kappa shape index (κ2) is 9.71. The van der Waals surface area contributed by atoms with Gasteiger partial charge in [-0.3, -0.25) is 9.59 Å². The highest BCUT2D eigenvalue weighted by atomic mass is 16.5. The molecule has 4 aliphatic carbocycles. The van der Waals surface area contributed by atoms with E-state index in [1.165, 1.54) is 84.0 Å². The maximum absolute atomic E-state index is 12.3. The molecule has 2 heterocycles. The Morgan fingerprint density at radius 3 is 1.92 bits per heavy atom. The van der Waals surface area contributed by atoms with Crippen LogP contribution >= 0.6 is 0 Å². The second-order valence-electron chi connectivity index (χ2n) is 16.0. The number of fused-ring (bicyclic) bond motifs is 5. The zero-order valence-electron chi connectivity index (χ0n) is 25.8. The van der Waals surface area contributed by atoms with E-state index < -0.39 is 0 Å². The maximum atomic E-state index is 12.3. The number of carbonyl (C=O) groups excluding carboxylic acids is 2. The molecule has 220 valence electrons. The van der Waals surface area contributed by atoms with E-state index in [1.807, 2.05) is 0 Å². The summed E-state index contributed by atoms with van der Waals surface area (Å²) in [5.74, 6) is 2.53. The summed E-state index contributed by atoms with van der Waals surface area (Å²) in [6.45, 7) is 13.4. The van der Waals surface area contributed by atoms with Gasteiger partial charge in [-0.05, 0) is 67.6 Å². The van der Waals surface area contributed by atoms with Crippen LogP contribution in [0.2, 0.25) is 0 Å². The van der Waals surface area contributed by atoms with Gasteiger partial charge in [-0.25, -0.2) is 0 Å². The number of quaternary nitrogens is 2. The van der Waals surface area contributed by atoms with E-state index >= 15 is 0 Å². The van der Waals surface area contributed by atoms with Crippen molar-refractivity contribution >= 4 is 11.9 Å². The molecule has 0 unspecified atom stereocenters. The fourth-order valence-electron chi connectivity index (χ4n) is 12.3. The van der Waals surface area contributed by atoms with E-state index in [2.05, 4.69) is 27.9 Å². The number of esters is 2. The minimum atomic E-state index is -0.103. The quantitative estimate of drug-likeness (QED) is 0.355. The zero-order valence-corrected chi connectivity index (χ0v) is 25.8. The van der Waals surface area contributed by atoms with E-state index in [0.29, 0.717) is 29.3 Å². The summed E-state index contributed by atoms with van der Waals surface area (Å²) in [7, 11) is 4.91. The lowest BCUT2D eigenvalue weighted by Crippen LogP contribution is -2.65. The molecule has 0 spiro atoms. The lowest BCUT2D eigenvalue weighted by atomic mass is 9.44. The summed E-state index contributed by atoms with van der Waals surface area (Å²) in [6.07, 6.45) is 13.7. The van der Waals surface area contributed by atoms with Gasteiger partial charge < -0.3 is 18.4 Å². The average molecular weight is 545 g/mol. The molecule has 0 amide bonds. The Kier molecular flexibility index (Phi) is 6.97. The summed E-state index contributed by atoms with van der Waals surface area (Å²) in [5.41, 5.74) is 0.544. The number of likely N-dealkylation sites (N-methyl/N-ethyl adjacent to an activating group) is 2. The number of carbonyl (C=O) groups is 2. The van der Waals surface area contributed by atoms with Crippen molar-refractivity contribution in [2.45, 2.75) is 123 Å². The lowest BCUT2D eigenvalue weighted by Gasteiger charge is -2.63. The first-order valence-electron chi connectivity index (χ1n) is 16.4. The summed E-state index contributed by atoms with van der Waals surface area (Å²) in [6, 6.07) is 0.853. The van der Waals surface area contributed by atoms with Gasteiger partial charge in [0.05, 0.1) is 40.3 Å². The summed E-state index contributed by atoms with van der Waals surface area (Å²) < 4.78 is 14.5. The minimum absolute atomic E-state index is 0.0615. The Labute approximate surface area is 237 Å². The minimum Gasteiger partial charge on any atom is -0.456 e. The Hall–Kier alpha value is -1.14. The molecule has 4 saturated carbocycles. The van der Waals surface area contributed by atoms with Crippen molar-refractivity contribution in [1.29, 1.82) is 0 Å². The Balaban J connectivity index is 1.31. The van der Waals surface area contributed by atoms with Crippen LogP contribution in [0.25, 0.3) is 0 Å². The first-order chi connectivity index (χ1) is 18.4. The van der Waals surface area contributed by atoms with Crippen LogP contribution in [0.4, 0.5) is 0 Å². The molecule has 0 aromatic carbocycles. The third-order valence-electron chi connectivity index (χ3n) is 13.9. The third kappa shape index (κ3) is 4.40. The molecule has 6 heteroatoms. The molecule has 2 saturated heterocycles. The summed E-state index contributed by atoms with van der Waals surface area (Å²) >= 11 is 0. The van der Waals surface area contributed by atoms with Crippen LogP contribution in [0.3, 0.4) is 0 Å². The van der Waals surface area contributed by atoms with Gasteiger partial charge in [0.2, 0.25) is 0 Å². The molecule has 0 aromatic heterocycles. The largest absolute Gasteiger partial charge is 0.456 e. The van der Waals surface area contributed by atoms with Crippen LogP contribution in [0.15, 0.2) is 0 Å². The molecule has 10 atom stereocenters. The highest BCUT2D eigenvalue weighted by Crippen LogP contribution is 2.68. The normalized spacial score (nSPS) is 48.1. The predicted octanol–water partition coefficient (Wildman–Crippen LogP) is 5.33. The fourth-order valence-corrected chi connectivity index (χ4v) is 12.3. The van der Waals surface area contributed by atoms with Crippen LogP contribution < -0.4 is 0 Å². The van der Waals surface area contributed by atoms with Crippen molar-refractivity contribution < 1.29 is 28.0 Å². The third-order valence-corrected chi connectivity index (χ3v) is 13.9. The summed E-state index contributed by atoms with van der Waals surface area (Å²) in [5, 5.41) is 0. The SMILES string of the molecule is CC(=O)O[C@H]1C[C@@H]2CC[C@@H]3[C@H](CC[C@@]4(C)[C@H]3C[C@H](OC(C)=O)[C@@H]4[N+]3(C)CCCC3)[C@@]2(C)C[C@@H]1[N+]1(C)CCCC1. The van der Waals surface area contributed by atoms with E-state index in [1.54, 1.807) is 13.8 Å². The van der Waals surface area contributed by atoms with Crippen molar-refractivity contribution in [2.75, 3.05) is 40.3 Å². The predicted molar refractivity (Wildman–Crippen MR) is 151 cm³/mol. The van der Waals surface area contributed by atoms with E-state index in [-0.39, 0.29) is 29.6 Å². The van der Waals surface area contributed by atoms with Gasteiger partial charge in [0.15, 0.2) is 12.2 Å². The number of hydrogen-bond donors (Lipinski definition) is 0. The maximum Gasteiger partial charge on any atom is 0.303 e. The molecule has 0 N–H and O–H groups in total. The van der Waals surface area contributed by atoms with Gasteiger partial charge in [0.1, 0.15) is 12.1 Å². The standard InChI is InChI=1S/C33H56N2O4/c1-22(36)38-29-19-24-11-12-25-26(33(24,4)21-28(29)34(5)15-7-8-16-34)13-14-32(3)27(25)20-30(39-23(2)37)31(32)35(6)17-9-10-18-35/h24-31H,7-21H2,1-6H3/q+2/t24-,25+,26-,27-,28-,29-,30-,31-,32-,33-/m0/s1. The second-order valence-corrected chi connectivity index (χ2v) is 16.0. The van der Waals surface area contributed by atoms with Gasteiger partial charge in [-0.2, -0.15) is 0 Å². The van der Waals surface area contributed by atoms with E-state index in [4.69, 9.17) is 9.47 Å². The molecular formula is C33H56N2O4+2. The number of rotatable bonds is 4. The van der Waals surface area contributed by atoms with Crippen LogP contribution in [0.1, 0.15) is 98.3 Å². The first kappa shape index (κ1) is 28.0. The molecule has 6 aliphatic rings. The van der Waals surface area contributed by atoms with Crippen LogP contribution in [-0.2, 0) is 19.1 Å². The molecule has 6 rings (SSSR count). The van der Waals surface area contributed by atoms with Crippen LogP contribution in [0, 0.1) is 34.5 Å². The highest BCUT2D eigenvalue weighted by molar-refractivity contribution is 5.66. The molecule has 39 heavy (non-hydrogen) atoms. The Morgan fingerprint density at radius 2 is 1.31 bits per heavy atom. The van der Waals surface area contributed by atoms with Crippen molar-refractivity contribution in [3.8, 4) is 0 Å². The highest BCUT2D eigenvalue weighted by Gasteiger charge is 2.68. The van der Waals surface area contributed by atoms with Crippen molar-refractivity contribution in [3.05, 3.63) is 0 Å². The number of ether oxygens (including phenoxy) is 2. The number of likely N-dealkylation sites (tertiary alicyclic amines) is 2. The molecule has 6 fully saturated rings. The Bertz CT molecular complexity index is 971. The van der Waals surface area contributed by atoms with E-state index in [0.717, 1.165) is 33.6 Å².